The van der Waals surface area contributed by atoms with Crippen molar-refractivity contribution in [2.45, 2.75) is 18.7 Å². The predicted molar refractivity (Wildman–Crippen MR) is 106 cm³/mol. The molecule has 3 rings (SSSR count). The number of carbonyl (C=O) groups excluding carboxylic acids is 2. The number of methoxy groups -OCH3 is 1. The second-order valence-electron chi connectivity index (χ2n) is 6.57. The summed E-state index contributed by atoms with van der Waals surface area (Å²) in [6.45, 7) is -0.504. The minimum Gasteiger partial charge on any atom is -0.497 e. The maximum absolute atomic E-state index is 12.7. The molecule has 0 spiro atoms. The van der Waals surface area contributed by atoms with Crippen LogP contribution in [-0.2, 0) is 25.7 Å². The fourth-order valence-electron chi connectivity index (χ4n) is 3.09. The molecule has 0 aromatic heterocycles. The van der Waals surface area contributed by atoms with Crippen LogP contribution in [0.4, 0.5) is 10.5 Å². The molecule has 0 aliphatic carbocycles. The molecule has 30 heavy (non-hydrogen) atoms. The summed E-state index contributed by atoms with van der Waals surface area (Å²) >= 11 is 0. The SMILES string of the molecule is COc1ccc(N2C(=O)[C@H](NC(=O)OCc3ccccc3)[C@@H]2COCC(=O)O)cc1. The number of carboxylic acid groups (broad SMARTS) is 1. The van der Waals surface area contributed by atoms with E-state index in [1.165, 1.54) is 12.0 Å². The van der Waals surface area contributed by atoms with Gasteiger partial charge >= 0.3 is 12.1 Å². The molecular formula is C21H22N2O7. The number of amides is 2. The molecule has 2 aromatic carbocycles. The molecule has 0 saturated carbocycles. The van der Waals surface area contributed by atoms with Crippen molar-refractivity contribution in [1.29, 1.82) is 0 Å². The lowest BCUT2D eigenvalue weighted by Gasteiger charge is -2.46. The third-order valence-electron chi connectivity index (χ3n) is 4.57. The van der Waals surface area contributed by atoms with E-state index in [-0.39, 0.29) is 19.1 Å². The van der Waals surface area contributed by atoms with Gasteiger partial charge in [0, 0.05) is 5.69 Å². The van der Waals surface area contributed by atoms with Gasteiger partial charge in [-0.2, -0.15) is 0 Å². The third-order valence-corrected chi connectivity index (χ3v) is 4.57. The average molecular weight is 414 g/mol. The number of alkyl carbamates (subject to hydrolysis) is 1. The number of nitrogens with zero attached hydrogens (tertiary/aromatic N) is 1. The average Bonchev–Trinajstić information content (AvgIpc) is 2.76. The second-order valence-corrected chi connectivity index (χ2v) is 6.57. The number of benzene rings is 2. The number of aliphatic carboxylic acids is 1. The molecule has 2 aromatic rings. The van der Waals surface area contributed by atoms with E-state index in [0.29, 0.717) is 11.4 Å². The van der Waals surface area contributed by atoms with Gasteiger partial charge in [-0.15, -0.1) is 0 Å². The van der Waals surface area contributed by atoms with E-state index in [2.05, 4.69) is 5.32 Å². The van der Waals surface area contributed by atoms with Crippen LogP contribution in [0.3, 0.4) is 0 Å². The van der Waals surface area contributed by atoms with Crippen LogP contribution in [0.2, 0.25) is 0 Å². The lowest BCUT2D eigenvalue weighted by atomic mass is 9.94. The fraction of sp³-hybridized carbons (Fsp3) is 0.286. The van der Waals surface area contributed by atoms with Gasteiger partial charge in [-0.05, 0) is 29.8 Å². The summed E-state index contributed by atoms with van der Waals surface area (Å²) in [6.07, 6.45) is -0.741. The molecular weight excluding hydrogens is 392 g/mol. The minimum atomic E-state index is -1.12. The van der Waals surface area contributed by atoms with Gasteiger partial charge in [-0.25, -0.2) is 9.59 Å². The summed E-state index contributed by atoms with van der Waals surface area (Å²) in [5.74, 6) is -0.839. The lowest BCUT2D eigenvalue weighted by Crippen LogP contribution is -2.72. The first-order valence-corrected chi connectivity index (χ1v) is 9.23. The van der Waals surface area contributed by atoms with Gasteiger partial charge in [-0.1, -0.05) is 30.3 Å². The number of carboxylic acids is 1. The van der Waals surface area contributed by atoms with Gasteiger partial charge in [0.25, 0.3) is 5.91 Å². The highest BCUT2D eigenvalue weighted by Gasteiger charge is 2.49. The highest BCUT2D eigenvalue weighted by Crippen LogP contribution is 2.30. The summed E-state index contributed by atoms with van der Waals surface area (Å²) in [5, 5.41) is 11.3. The van der Waals surface area contributed by atoms with Crippen LogP contribution in [0.1, 0.15) is 5.56 Å². The Morgan fingerprint density at radius 2 is 1.80 bits per heavy atom. The van der Waals surface area contributed by atoms with Crippen molar-refractivity contribution in [2.75, 3.05) is 25.2 Å². The van der Waals surface area contributed by atoms with Crippen LogP contribution in [0.15, 0.2) is 54.6 Å². The van der Waals surface area contributed by atoms with E-state index in [1.807, 2.05) is 30.3 Å². The number of hydrogen-bond donors (Lipinski definition) is 2. The highest BCUT2D eigenvalue weighted by atomic mass is 16.5. The molecule has 1 fully saturated rings. The Morgan fingerprint density at radius 3 is 2.43 bits per heavy atom. The maximum Gasteiger partial charge on any atom is 0.408 e. The van der Waals surface area contributed by atoms with Crippen molar-refractivity contribution in [1.82, 2.24) is 5.32 Å². The van der Waals surface area contributed by atoms with Gasteiger partial charge in [0.2, 0.25) is 0 Å². The molecule has 1 aliphatic rings. The smallest absolute Gasteiger partial charge is 0.408 e. The van der Waals surface area contributed by atoms with Gasteiger partial charge in [0.15, 0.2) is 0 Å². The van der Waals surface area contributed by atoms with Gasteiger partial charge in [-0.3, -0.25) is 4.79 Å². The monoisotopic (exact) mass is 414 g/mol. The van der Waals surface area contributed by atoms with Crippen molar-refractivity contribution in [3.63, 3.8) is 0 Å². The van der Waals surface area contributed by atoms with E-state index >= 15 is 0 Å². The Bertz CT molecular complexity index is 886. The van der Waals surface area contributed by atoms with Crippen molar-refractivity contribution in [3.05, 3.63) is 60.2 Å². The summed E-state index contributed by atoms with van der Waals surface area (Å²) in [7, 11) is 1.54. The summed E-state index contributed by atoms with van der Waals surface area (Å²) in [5.41, 5.74) is 1.40. The van der Waals surface area contributed by atoms with Crippen molar-refractivity contribution < 1.29 is 33.7 Å². The van der Waals surface area contributed by atoms with Crippen molar-refractivity contribution in [3.8, 4) is 5.75 Å². The first-order valence-electron chi connectivity index (χ1n) is 9.23. The first-order chi connectivity index (χ1) is 14.5. The summed E-state index contributed by atoms with van der Waals surface area (Å²) in [6, 6.07) is 14.5. The second kappa shape index (κ2) is 9.75. The largest absolute Gasteiger partial charge is 0.497 e. The van der Waals surface area contributed by atoms with Crippen molar-refractivity contribution >= 4 is 23.7 Å². The Kier molecular flexibility index (Phi) is 6.87. The number of β-lactam (4-membered cyclic amide) rings is 1. The molecule has 9 nitrogen and oxygen atoms in total. The predicted octanol–water partition coefficient (Wildman–Crippen LogP) is 1.81. The maximum atomic E-state index is 12.7. The lowest BCUT2D eigenvalue weighted by molar-refractivity contribution is -0.143. The molecule has 2 atom stereocenters. The van der Waals surface area contributed by atoms with E-state index in [0.717, 1.165) is 5.56 Å². The molecule has 0 unspecified atom stereocenters. The standard InChI is InChI=1S/C21H22N2O7/c1-28-16-9-7-15(8-10-16)23-17(12-29-13-18(24)25)19(20(23)26)22-21(27)30-11-14-5-3-2-4-6-14/h2-10,17,19H,11-13H2,1H3,(H,22,27)(H,24,25)/t17-,19+/m0/s1. The van der Waals surface area contributed by atoms with Gasteiger partial charge < -0.3 is 29.5 Å². The zero-order chi connectivity index (χ0) is 21.5. The van der Waals surface area contributed by atoms with Gasteiger partial charge in [0.1, 0.15) is 25.0 Å². The molecule has 1 aliphatic heterocycles. The topological polar surface area (TPSA) is 114 Å². The molecule has 1 heterocycles. The molecule has 1 saturated heterocycles. The number of nitrogens with one attached hydrogen (secondary N) is 1. The number of rotatable bonds is 9. The third kappa shape index (κ3) is 5.06. The van der Waals surface area contributed by atoms with E-state index in [1.54, 1.807) is 24.3 Å². The summed E-state index contributed by atoms with van der Waals surface area (Å²) in [4.78, 5) is 37.0. The van der Waals surface area contributed by atoms with Crippen LogP contribution in [-0.4, -0.2) is 55.5 Å². The van der Waals surface area contributed by atoms with Crippen molar-refractivity contribution in [2.24, 2.45) is 0 Å². The zero-order valence-electron chi connectivity index (χ0n) is 16.3. The molecule has 2 N–H and O–H groups in total. The molecule has 2 amide bonds. The zero-order valence-corrected chi connectivity index (χ0v) is 16.3. The number of hydrogen-bond acceptors (Lipinski definition) is 6. The van der Waals surface area contributed by atoms with Crippen LogP contribution in [0.25, 0.3) is 0 Å². The quantitative estimate of drug-likeness (QED) is 0.602. The first kappa shape index (κ1) is 21.1. The Morgan fingerprint density at radius 1 is 1.10 bits per heavy atom. The van der Waals surface area contributed by atoms with E-state index in [9.17, 15) is 14.4 Å². The van der Waals surface area contributed by atoms with E-state index in [4.69, 9.17) is 19.3 Å². The Labute approximate surface area is 173 Å². The van der Waals surface area contributed by atoms with Gasteiger partial charge in [0.05, 0.1) is 19.8 Å². The van der Waals surface area contributed by atoms with E-state index < -0.39 is 30.8 Å². The summed E-state index contributed by atoms with van der Waals surface area (Å²) < 4.78 is 15.5. The minimum absolute atomic E-state index is 0.0618. The molecule has 0 radical (unpaired) electrons. The Balaban J connectivity index is 1.64. The Hall–Kier alpha value is -3.59. The molecule has 158 valence electrons. The van der Waals surface area contributed by atoms with Crippen LogP contribution in [0.5, 0.6) is 5.75 Å². The van der Waals surface area contributed by atoms with Crippen LogP contribution in [0, 0.1) is 0 Å². The number of carbonyl (C=O) groups is 3. The van der Waals surface area contributed by atoms with Crippen LogP contribution < -0.4 is 15.0 Å². The number of anilines is 1. The molecule has 9 heteroatoms. The highest BCUT2D eigenvalue weighted by molar-refractivity contribution is 6.07. The molecule has 0 bridgehead atoms. The number of ether oxygens (including phenoxy) is 3. The normalized spacial score (nSPS) is 17.8. The van der Waals surface area contributed by atoms with Crippen LogP contribution >= 0.6 is 0 Å². The fourth-order valence-corrected chi connectivity index (χ4v) is 3.09.